The van der Waals surface area contributed by atoms with E-state index in [1.807, 2.05) is 0 Å². The molecule has 0 bridgehead atoms. The van der Waals surface area contributed by atoms with Crippen LogP contribution in [0.3, 0.4) is 0 Å². The molecule has 28 heavy (non-hydrogen) atoms. The molecule has 0 saturated heterocycles. The zero-order valence-corrected chi connectivity index (χ0v) is 15.3. The summed E-state index contributed by atoms with van der Waals surface area (Å²) in [6.07, 6.45) is 9.02. The molecule has 0 saturated carbocycles. The predicted octanol–water partition coefficient (Wildman–Crippen LogP) is 4.23. The average Bonchev–Trinajstić information content (AvgIpc) is 2.71. The first kappa shape index (κ1) is 19.7. The smallest absolute Gasteiger partial charge is 0.274 e. The summed E-state index contributed by atoms with van der Waals surface area (Å²) in [6, 6.07) is 5.93. The van der Waals surface area contributed by atoms with Crippen molar-refractivity contribution in [2.45, 2.75) is 32.1 Å². The van der Waals surface area contributed by atoms with E-state index in [2.05, 4.69) is 21.7 Å². The number of carbonyl (C=O) groups is 2. The molecule has 5 nitrogen and oxygen atoms in total. The van der Waals surface area contributed by atoms with Gasteiger partial charge in [0.05, 0.1) is 0 Å². The number of nitrogens with zero attached hydrogens (tertiary/aromatic N) is 1. The molecular formula is C21H21F2N3O2. The maximum Gasteiger partial charge on any atom is 0.274 e. The van der Waals surface area contributed by atoms with Crippen LogP contribution < -0.4 is 10.6 Å². The highest BCUT2D eigenvalue weighted by Crippen LogP contribution is 2.19. The van der Waals surface area contributed by atoms with Gasteiger partial charge in [-0.05, 0) is 56.4 Å². The Kier molecular flexibility index (Phi) is 6.47. The molecule has 2 amide bonds. The fraction of sp³-hybridized carbons (Fsp3) is 0.286. The van der Waals surface area contributed by atoms with Gasteiger partial charge in [-0.15, -0.1) is 0 Å². The van der Waals surface area contributed by atoms with Crippen LogP contribution in [0.1, 0.15) is 53.0 Å². The van der Waals surface area contributed by atoms with E-state index >= 15 is 0 Å². The van der Waals surface area contributed by atoms with Gasteiger partial charge in [0.25, 0.3) is 11.8 Å². The third kappa shape index (κ3) is 5.22. The second-order valence-corrected chi connectivity index (χ2v) is 6.63. The number of rotatable bonds is 6. The third-order valence-electron chi connectivity index (χ3n) is 4.55. The quantitative estimate of drug-likeness (QED) is 0.731. The molecule has 7 heteroatoms. The first-order chi connectivity index (χ1) is 13.5. The van der Waals surface area contributed by atoms with Crippen LogP contribution in [-0.4, -0.2) is 23.3 Å². The van der Waals surface area contributed by atoms with Crippen molar-refractivity contribution in [2.75, 3.05) is 11.9 Å². The lowest BCUT2D eigenvalue weighted by molar-refractivity contribution is 0.0954. The molecule has 0 atom stereocenters. The lowest BCUT2D eigenvalue weighted by atomic mass is 9.97. The number of carbonyl (C=O) groups excluding carboxylic acids is 2. The lowest BCUT2D eigenvalue weighted by Crippen LogP contribution is -2.25. The van der Waals surface area contributed by atoms with E-state index in [0.717, 1.165) is 31.4 Å². The number of nitrogens with one attached hydrogen (secondary N) is 2. The lowest BCUT2D eigenvalue weighted by Gasteiger charge is -2.13. The summed E-state index contributed by atoms with van der Waals surface area (Å²) in [4.78, 5) is 28.5. The molecular weight excluding hydrogens is 364 g/mol. The Morgan fingerprint density at radius 2 is 1.89 bits per heavy atom. The maximum absolute atomic E-state index is 13.3. The summed E-state index contributed by atoms with van der Waals surface area (Å²) >= 11 is 0. The van der Waals surface area contributed by atoms with Crippen LogP contribution in [0.4, 0.5) is 14.5 Å². The largest absolute Gasteiger partial charge is 0.352 e. The van der Waals surface area contributed by atoms with E-state index in [9.17, 15) is 18.4 Å². The topological polar surface area (TPSA) is 71.1 Å². The molecule has 1 aliphatic carbocycles. The van der Waals surface area contributed by atoms with E-state index in [1.165, 1.54) is 42.8 Å². The van der Waals surface area contributed by atoms with Crippen molar-refractivity contribution in [1.29, 1.82) is 0 Å². The predicted molar refractivity (Wildman–Crippen MR) is 102 cm³/mol. The van der Waals surface area contributed by atoms with Gasteiger partial charge in [0.2, 0.25) is 0 Å². The van der Waals surface area contributed by atoms with Crippen LogP contribution in [0.15, 0.2) is 48.2 Å². The first-order valence-electron chi connectivity index (χ1n) is 9.21. The second-order valence-electron chi connectivity index (χ2n) is 6.63. The van der Waals surface area contributed by atoms with E-state index in [1.54, 1.807) is 0 Å². The van der Waals surface area contributed by atoms with Crippen LogP contribution in [0, 0.1) is 11.6 Å². The minimum atomic E-state index is -1.06. The number of benzene rings is 1. The van der Waals surface area contributed by atoms with E-state index in [-0.39, 0.29) is 17.3 Å². The summed E-state index contributed by atoms with van der Waals surface area (Å²) in [6.45, 7) is 0.531. The van der Waals surface area contributed by atoms with Crippen molar-refractivity contribution in [2.24, 2.45) is 0 Å². The van der Waals surface area contributed by atoms with Crippen molar-refractivity contribution >= 4 is 17.5 Å². The number of aromatic nitrogens is 1. The minimum Gasteiger partial charge on any atom is -0.352 e. The van der Waals surface area contributed by atoms with E-state index < -0.39 is 17.5 Å². The molecule has 1 aromatic carbocycles. The summed E-state index contributed by atoms with van der Waals surface area (Å²) in [5.74, 6) is -2.97. The van der Waals surface area contributed by atoms with Crippen LogP contribution in [0.25, 0.3) is 0 Å². The first-order valence-corrected chi connectivity index (χ1v) is 9.21. The van der Waals surface area contributed by atoms with Crippen molar-refractivity contribution in [3.8, 4) is 0 Å². The van der Waals surface area contributed by atoms with Crippen molar-refractivity contribution in [1.82, 2.24) is 10.3 Å². The van der Waals surface area contributed by atoms with Gasteiger partial charge in [0.1, 0.15) is 5.69 Å². The second kappa shape index (κ2) is 9.21. The number of allylic oxidation sites excluding steroid dienone is 1. The molecule has 1 aromatic heterocycles. The third-order valence-corrected chi connectivity index (χ3v) is 4.55. The fourth-order valence-electron chi connectivity index (χ4n) is 3.04. The Morgan fingerprint density at radius 1 is 1.04 bits per heavy atom. The molecule has 0 unspecified atom stereocenters. The van der Waals surface area contributed by atoms with E-state index in [4.69, 9.17) is 0 Å². The molecule has 0 aliphatic heterocycles. The summed E-state index contributed by atoms with van der Waals surface area (Å²) < 4.78 is 26.2. The normalized spacial score (nSPS) is 13.6. The SMILES string of the molecule is O=C(NCCC1=CCCCC1)c1ccnc(C(=O)Nc2ccc(F)c(F)c2)c1. The van der Waals surface area contributed by atoms with Crippen LogP contribution in [0.2, 0.25) is 0 Å². The van der Waals surface area contributed by atoms with Gasteiger partial charge < -0.3 is 10.6 Å². The van der Waals surface area contributed by atoms with E-state index in [0.29, 0.717) is 12.1 Å². The van der Waals surface area contributed by atoms with Gasteiger partial charge in [-0.25, -0.2) is 8.78 Å². The Balaban J connectivity index is 1.59. The average molecular weight is 385 g/mol. The van der Waals surface area contributed by atoms with Gasteiger partial charge in [0, 0.05) is 30.1 Å². The molecule has 0 fully saturated rings. The van der Waals surface area contributed by atoms with Crippen LogP contribution in [-0.2, 0) is 0 Å². The number of pyridine rings is 1. The van der Waals surface area contributed by atoms with Gasteiger partial charge in [-0.3, -0.25) is 14.6 Å². The van der Waals surface area contributed by atoms with Crippen molar-refractivity contribution in [3.05, 3.63) is 71.1 Å². The number of anilines is 1. The molecule has 1 heterocycles. The minimum absolute atomic E-state index is 0.00683. The molecule has 1 aliphatic rings. The highest BCUT2D eigenvalue weighted by atomic mass is 19.2. The molecule has 0 radical (unpaired) electrons. The highest BCUT2D eigenvalue weighted by molar-refractivity contribution is 6.04. The zero-order chi connectivity index (χ0) is 19.9. The Labute approximate surface area is 161 Å². The molecule has 3 rings (SSSR count). The van der Waals surface area contributed by atoms with Crippen molar-refractivity contribution < 1.29 is 18.4 Å². The van der Waals surface area contributed by atoms with Crippen molar-refractivity contribution in [3.63, 3.8) is 0 Å². The molecule has 2 N–H and O–H groups in total. The number of hydrogen-bond acceptors (Lipinski definition) is 3. The zero-order valence-electron chi connectivity index (χ0n) is 15.3. The highest BCUT2D eigenvalue weighted by Gasteiger charge is 2.13. The Morgan fingerprint density at radius 3 is 2.64 bits per heavy atom. The standard InChI is InChI=1S/C21H21F2N3O2/c22-17-7-6-16(13-18(17)23)26-21(28)19-12-15(9-11-24-19)20(27)25-10-8-14-4-2-1-3-5-14/h4,6-7,9,11-13H,1-3,5,8,10H2,(H,25,27)(H,26,28). The summed E-state index contributed by atoms with van der Waals surface area (Å²) in [5, 5.41) is 5.28. The molecule has 0 spiro atoms. The number of hydrogen-bond donors (Lipinski definition) is 2. The van der Waals surface area contributed by atoms with Gasteiger partial charge in [-0.2, -0.15) is 0 Å². The Bertz CT molecular complexity index is 912. The summed E-state index contributed by atoms with van der Waals surface area (Å²) in [7, 11) is 0. The fourth-order valence-corrected chi connectivity index (χ4v) is 3.04. The number of amides is 2. The Hall–Kier alpha value is -3.09. The molecule has 146 valence electrons. The maximum atomic E-state index is 13.3. The monoisotopic (exact) mass is 385 g/mol. The number of halogens is 2. The van der Waals surface area contributed by atoms with Crippen LogP contribution >= 0.6 is 0 Å². The van der Waals surface area contributed by atoms with Crippen LogP contribution in [0.5, 0.6) is 0 Å². The van der Waals surface area contributed by atoms with Gasteiger partial charge in [-0.1, -0.05) is 11.6 Å². The molecule has 2 aromatic rings. The van der Waals surface area contributed by atoms with Gasteiger partial charge in [0.15, 0.2) is 11.6 Å². The summed E-state index contributed by atoms with van der Waals surface area (Å²) in [5.41, 5.74) is 1.78. The van der Waals surface area contributed by atoms with Gasteiger partial charge >= 0.3 is 0 Å².